The summed E-state index contributed by atoms with van der Waals surface area (Å²) in [5, 5.41) is 3.43. The second-order valence-corrected chi connectivity index (χ2v) is 7.01. The third-order valence-corrected chi connectivity index (χ3v) is 4.33. The number of benzene rings is 1. The van der Waals surface area contributed by atoms with Crippen LogP contribution in [0.15, 0.2) is 12.1 Å². The molecule has 2 heterocycles. The first-order valence-electron chi connectivity index (χ1n) is 7.93. The summed E-state index contributed by atoms with van der Waals surface area (Å²) in [6.45, 7) is 11.3. The highest BCUT2D eigenvalue weighted by Crippen LogP contribution is 2.47. The van der Waals surface area contributed by atoms with Gasteiger partial charge in [-0.1, -0.05) is 20.8 Å². The van der Waals surface area contributed by atoms with E-state index in [-0.39, 0.29) is 12.2 Å². The van der Waals surface area contributed by atoms with Crippen LogP contribution in [0.3, 0.4) is 0 Å². The van der Waals surface area contributed by atoms with Crippen molar-refractivity contribution in [1.82, 2.24) is 10.2 Å². The predicted molar refractivity (Wildman–Crippen MR) is 85.8 cm³/mol. The molecular formula is C17H26N2O3. The van der Waals surface area contributed by atoms with Gasteiger partial charge in [0.2, 0.25) is 12.5 Å². The number of hydrogen-bond acceptors (Lipinski definition) is 5. The summed E-state index contributed by atoms with van der Waals surface area (Å²) >= 11 is 0. The minimum atomic E-state index is 0.121. The Labute approximate surface area is 132 Å². The maximum atomic E-state index is 5.60. The van der Waals surface area contributed by atoms with Crippen molar-refractivity contribution >= 4 is 0 Å². The van der Waals surface area contributed by atoms with Crippen LogP contribution in [-0.2, 0) is 0 Å². The van der Waals surface area contributed by atoms with Crippen LogP contribution in [0.1, 0.15) is 32.4 Å². The van der Waals surface area contributed by atoms with Crippen molar-refractivity contribution in [2.45, 2.75) is 26.8 Å². The smallest absolute Gasteiger partial charge is 0.231 e. The molecule has 2 aliphatic rings. The largest absolute Gasteiger partial charge is 0.493 e. The molecule has 0 saturated carbocycles. The Bertz CT molecular complexity index is 533. The molecule has 0 amide bonds. The van der Waals surface area contributed by atoms with Gasteiger partial charge >= 0.3 is 0 Å². The van der Waals surface area contributed by atoms with E-state index in [1.807, 2.05) is 0 Å². The Morgan fingerprint density at radius 2 is 1.91 bits per heavy atom. The topological polar surface area (TPSA) is 43.0 Å². The number of ether oxygens (including phenoxy) is 3. The molecule has 1 N–H and O–H groups in total. The molecule has 1 saturated heterocycles. The Balaban J connectivity index is 2.00. The van der Waals surface area contributed by atoms with Crippen LogP contribution in [0, 0.1) is 5.41 Å². The molecule has 2 aliphatic heterocycles. The number of nitrogens with zero attached hydrogens (tertiary/aromatic N) is 1. The number of rotatable bonds is 3. The van der Waals surface area contributed by atoms with Gasteiger partial charge in [0, 0.05) is 32.2 Å². The summed E-state index contributed by atoms with van der Waals surface area (Å²) in [7, 11) is 1.68. The Morgan fingerprint density at radius 3 is 2.55 bits per heavy atom. The van der Waals surface area contributed by atoms with Gasteiger partial charge in [-0.05, 0) is 23.1 Å². The molecule has 0 aromatic heterocycles. The quantitative estimate of drug-likeness (QED) is 0.929. The third kappa shape index (κ3) is 2.88. The van der Waals surface area contributed by atoms with Gasteiger partial charge in [0.05, 0.1) is 7.11 Å². The Hall–Kier alpha value is -1.46. The number of nitrogens with one attached hydrogen (secondary N) is 1. The predicted octanol–water partition coefficient (Wildman–Crippen LogP) is 2.42. The molecule has 0 spiro atoms. The summed E-state index contributed by atoms with van der Waals surface area (Å²) in [6.07, 6.45) is 0. The summed E-state index contributed by atoms with van der Waals surface area (Å²) in [5.74, 6) is 2.27. The normalized spacial score (nSPS) is 20.0. The highest BCUT2D eigenvalue weighted by atomic mass is 16.7. The second kappa shape index (κ2) is 5.97. The Kier molecular flexibility index (Phi) is 4.19. The first kappa shape index (κ1) is 15.4. The average Bonchev–Trinajstić information content (AvgIpc) is 2.94. The van der Waals surface area contributed by atoms with Crippen molar-refractivity contribution < 1.29 is 14.2 Å². The summed E-state index contributed by atoms with van der Waals surface area (Å²) in [6, 6.07) is 4.53. The van der Waals surface area contributed by atoms with Crippen LogP contribution < -0.4 is 19.5 Å². The van der Waals surface area contributed by atoms with Crippen LogP contribution in [0.25, 0.3) is 0 Å². The lowest BCUT2D eigenvalue weighted by molar-refractivity contribution is 0.0859. The van der Waals surface area contributed by atoms with E-state index in [9.17, 15) is 0 Å². The monoisotopic (exact) mass is 306 g/mol. The molecule has 1 atom stereocenters. The fourth-order valence-corrected chi connectivity index (χ4v) is 3.51. The van der Waals surface area contributed by atoms with Gasteiger partial charge in [0.1, 0.15) is 0 Å². The third-order valence-electron chi connectivity index (χ3n) is 4.33. The number of piperazine rings is 1. The van der Waals surface area contributed by atoms with E-state index in [1.54, 1.807) is 7.11 Å². The molecule has 5 heteroatoms. The molecule has 3 rings (SSSR count). The first-order valence-corrected chi connectivity index (χ1v) is 7.93. The SMILES string of the molecule is COc1cc([C@H](N2CCNCC2)C(C)(C)C)cc2c1OCO2. The molecule has 122 valence electrons. The van der Waals surface area contributed by atoms with Gasteiger partial charge in [-0.2, -0.15) is 0 Å². The standard InChI is InChI=1S/C17H26N2O3/c1-17(2,3)16(19-7-5-18-6-8-19)12-9-13(20-4)15-14(10-12)21-11-22-15/h9-10,16,18H,5-8,11H2,1-4H3/t16-/m0/s1. The van der Waals surface area contributed by atoms with Crippen LogP contribution in [0.4, 0.5) is 0 Å². The summed E-state index contributed by atoms with van der Waals surface area (Å²) in [4.78, 5) is 2.55. The van der Waals surface area contributed by atoms with Crippen molar-refractivity contribution in [3.05, 3.63) is 17.7 Å². The van der Waals surface area contributed by atoms with E-state index in [4.69, 9.17) is 14.2 Å². The van der Waals surface area contributed by atoms with Gasteiger partial charge in [0.25, 0.3) is 0 Å². The van der Waals surface area contributed by atoms with Crippen molar-refractivity contribution in [2.75, 3.05) is 40.1 Å². The minimum Gasteiger partial charge on any atom is -0.493 e. The van der Waals surface area contributed by atoms with E-state index in [0.717, 1.165) is 43.4 Å². The molecule has 0 radical (unpaired) electrons. The zero-order valence-corrected chi connectivity index (χ0v) is 13.9. The molecule has 0 bridgehead atoms. The van der Waals surface area contributed by atoms with E-state index in [0.29, 0.717) is 6.04 Å². The lowest BCUT2D eigenvalue weighted by Gasteiger charge is -2.42. The minimum absolute atomic E-state index is 0.121. The molecule has 5 nitrogen and oxygen atoms in total. The highest BCUT2D eigenvalue weighted by molar-refractivity contribution is 5.55. The van der Waals surface area contributed by atoms with E-state index < -0.39 is 0 Å². The maximum Gasteiger partial charge on any atom is 0.231 e. The van der Waals surface area contributed by atoms with Crippen molar-refractivity contribution in [2.24, 2.45) is 5.41 Å². The average molecular weight is 306 g/mol. The molecule has 1 aromatic carbocycles. The van der Waals surface area contributed by atoms with Crippen LogP contribution >= 0.6 is 0 Å². The number of hydrogen-bond donors (Lipinski definition) is 1. The maximum absolute atomic E-state index is 5.60. The zero-order chi connectivity index (χ0) is 15.7. The molecule has 0 aliphatic carbocycles. The fraction of sp³-hybridized carbons (Fsp3) is 0.647. The van der Waals surface area contributed by atoms with Gasteiger partial charge in [-0.25, -0.2) is 0 Å². The van der Waals surface area contributed by atoms with Crippen LogP contribution in [0.2, 0.25) is 0 Å². The number of methoxy groups -OCH3 is 1. The summed E-state index contributed by atoms with van der Waals surface area (Å²) in [5.41, 5.74) is 1.35. The van der Waals surface area contributed by atoms with Gasteiger partial charge < -0.3 is 19.5 Å². The second-order valence-electron chi connectivity index (χ2n) is 7.01. The molecule has 1 fully saturated rings. The molecule has 1 aromatic rings. The van der Waals surface area contributed by atoms with Gasteiger partial charge in [0.15, 0.2) is 11.5 Å². The van der Waals surface area contributed by atoms with Gasteiger partial charge in [-0.15, -0.1) is 0 Å². The first-order chi connectivity index (χ1) is 10.5. The Morgan fingerprint density at radius 1 is 1.18 bits per heavy atom. The fourth-order valence-electron chi connectivity index (χ4n) is 3.51. The molecule has 22 heavy (non-hydrogen) atoms. The number of fused-ring (bicyclic) bond motifs is 1. The van der Waals surface area contributed by atoms with Crippen LogP contribution in [0.5, 0.6) is 17.2 Å². The molecular weight excluding hydrogens is 280 g/mol. The summed E-state index contributed by atoms with van der Waals surface area (Å²) < 4.78 is 16.6. The zero-order valence-electron chi connectivity index (χ0n) is 13.9. The highest BCUT2D eigenvalue weighted by Gasteiger charge is 2.34. The van der Waals surface area contributed by atoms with E-state index in [1.165, 1.54) is 5.56 Å². The molecule has 0 unspecified atom stereocenters. The van der Waals surface area contributed by atoms with Crippen LogP contribution in [-0.4, -0.2) is 45.0 Å². The van der Waals surface area contributed by atoms with E-state index in [2.05, 4.69) is 43.1 Å². The van der Waals surface area contributed by atoms with Crippen molar-refractivity contribution in [3.8, 4) is 17.2 Å². The van der Waals surface area contributed by atoms with Crippen molar-refractivity contribution in [1.29, 1.82) is 0 Å². The lowest BCUT2D eigenvalue weighted by atomic mass is 9.80. The van der Waals surface area contributed by atoms with E-state index >= 15 is 0 Å². The van der Waals surface area contributed by atoms with Crippen molar-refractivity contribution in [3.63, 3.8) is 0 Å². The van der Waals surface area contributed by atoms with Gasteiger partial charge in [-0.3, -0.25) is 4.90 Å². The lowest BCUT2D eigenvalue weighted by Crippen LogP contribution is -2.48.